The van der Waals surface area contributed by atoms with Crippen LogP contribution in [0, 0.1) is 13.8 Å². The van der Waals surface area contributed by atoms with Gasteiger partial charge in [-0.2, -0.15) is 5.10 Å². The van der Waals surface area contributed by atoms with Crippen LogP contribution in [0.3, 0.4) is 0 Å². The molecular weight excluding hydrogens is 246 g/mol. The lowest BCUT2D eigenvalue weighted by Gasteiger charge is -2.32. The van der Waals surface area contributed by atoms with Gasteiger partial charge in [0, 0.05) is 13.1 Å². The van der Waals surface area contributed by atoms with E-state index in [2.05, 4.69) is 58.4 Å². The first kappa shape index (κ1) is 13.1. The van der Waals surface area contributed by atoms with Gasteiger partial charge in [0.05, 0.1) is 5.69 Å². The average molecular weight is 267 g/mol. The van der Waals surface area contributed by atoms with Crippen molar-refractivity contribution < 1.29 is 0 Å². The molecule has 20 heavy (non-hydrogen) atoms. The lowest BCUT2D eigenvalue weighted by atomic mass is 9.89. The second kappa shape index (κ2) is 5.61. The number of anilines is 1. The van der Waals surface area contributed by atoms with E-state index in [9.17, 15) is 0 Å². The van der Waals surface area contributed by atoms with Crippen LogP contribution in [0.25, 0.3) is 0 Å². The highest BCUT2D eigenvalue weighted by molar-refractivity contribution is 5.41. The molecule has 0 bridgehead atoms. The van der Waals surface area contributed by atoms with Crippen LogP contribution in [0.4, 0.5) is 5.82 Å². The summed E-state index contributed by atoms with van der Waals surface area (Å²) in [6.07, 6.45) is 2.39. The van der Waals surface area contributed by atoms with E-state index in [4.69, 9.17) is 0 Å². The first-order valence-corrected chi connectivity index (χ1v) is 7.35. The molecule has 0 radical (unpaired) electrons. The molecule has 0 aliphatic carbocycles. The van der Waals surface area contributed by atoms with E-state index in [1.54, 1.807) is 0 Å². The summed E-state index contributed by atoms with van der Waals surface area (Å²) in [6, 6.07) is 13.0. The Balaban J connectivity index is 1.68. The number of nitrogens with zero attached hydrogens (tertiary/aromatic N) is 3. The molecule has 2 heterocycles. The Morgan fingerprint density at radius 1 is 1.00 bits per heavy atom. The second-order valence-corrected chi connectivity index (χ2v) is 5.64. The lowest BCUT2D eigenvalue weighted by Crippen LogP contribution is -2.33. The molecule has 3 heteroatoms. The molecule has 0 amide bonds. The summed E-state index contributed by atoms with van der Waals surface area (Å²) in [5.74, 6) is 1.71. The minimum absolute atomic E-state index is 0.687. The molecule has 2 aromatic rings. The molecule has 0 saturated carbocycles. The van der Waals surface area contributed by atoms with Crippen molar-refractivity contribution in [3.8, 4) is 0 Å². The van der Waals surface area contributed by atoms with E-state index in [-0.39, 0.29) is 0 Å². The molecule has 3 nitrogen and oxygen atoms in total. The van der Waals surface area contributed by atoms with Crippen LogP contribution in [0.2, 0.25) is 0 Å². The van der Waals surface area contributed by atoms with Crippen molar-refractivity contribution >= 4 is 5.82 Å². The number of rotatable bonds is 2. The molecule has 0 atom stereocenters. The van der Waals surface area contributed by atoms with Crippen molar-refractivity contribution in [1.29, 1.82) is 0 Å². The summed E-state index contributed by atoms with van der Waals surface area (Å²) in [7, 11) is 0. The Hall–Kier alpha value is -1.90. The fourth-order valence-corrected chi connectivity index (χ4v) is 2.85. The lowest BCUT2D eigenvalue weighted by molar-refractivity contribution is 0.501. The van der Waals surface area contributed by atoms with Crippen molar-refractivity contribution in [3.05, 3.63) is 53.2 Å². The number of hydrogen-bond donors (Lipinski definition) is 0. The second-order valence-electron chi connectivity index (χ2n) is 5.64. The third-order valence-electron chi connectivity index (χ3n) is 4.31. The minimum Gasteiger partial charge on any atom is -0.355 e. The average Bonchev–Trinajstić information content (AvgIpc) is 2.51. The van der Waals surface area contributed by atoms with Gasteiger partial charge in [-0.15, -0.1) is 5.10 Å². The van der Waals surface area contributed by atoms with Crippen molar-refractivity contribution in [2.24, 2.45) is 0 Å². The molecule has 3 rings (SSSR count). The van der Waals surface area contributed by atoms with E-state index in [1.165, 1.54) is 24.0 Å². The van der Waals surface area contributed by atoms with Crippen LogP contribution >= 0.6 is 0 Å². The number of hydrogen-bond acceptors (Lipinski definition) is 3. The number of benzene rings is 1. The molecule has 1 aliphatic heterocycles. The third-order valence-corrected chi connectivity index (χ3v) is 4.31. The fraction of sp³-hybridized carbons (Fsp3) is 0.412. The van der Waals surface area contributed by atoms with Crippen LogP contribution < -0.4 is 4.90 Å². The van der Waals surface area contributed by atoms with Gasteiger partial charge in [0.2, 0.25) is 0 Å². The van der Waals surface area contributed by atoms with E-state index in [0.717, 1.165) is 24.6 Å². The summed E-state index contributed by atoms with van der Waals surface area (Å²) in [5, 5.41) is 8.58. The Morgan fingerprint density at radius 2 is 1.70 bits per heavy atom. The molecule has 0 N–H and O–H groups in total. The van der Waals surface area contributed by atoms with E-state index < -0.39 is 0 Å². The van der Waals surface area contributed by atoms with Gasteiger partial charge in [-0.3, -0.25) is 0 Å². The Labute approximate surface area is 120 Å². The predicted octanol–water partition coefficient (Wildman–Crippen LogP) is 3.48. The molecular formula is C17H21N3. The van der Waals surface area contributed by atoms with Gasteiger partial charge in [0.15, 0.2) is 5.82 Å². The summed E-state index contributed by atoms with van der Waals surface area (Å²) in [6.45, 7) is 6.24. The van der Waals surface area contributed by atoms with Crippen LogP contribution in [-0.4, -0.2) is 23.3 Å². The van der Waals surface area contributed by atoms with Crippen molar-refractivity contribution in [2.75, 3.05) is 18.0 Å². The first-order chi connectivity index (χ1) is 9.74. The maximum absolute atomic E-state index is 4.34. The highest BCUT2D eigenvalue weighted by Crippen LogP contribution is 2.29. The number of aromatic nitrogens is 2. The van der Waals surface area contributed by atoms with Gasteiger partial charge >= 0.3 is 0 Å². The van der Waals surface area contributed by atoms with Gasteiger partial charge in [-0.05, 0) is 49.8 Å². The maximum atomic E-state index is 4.34. The van der Waals surface area contributed by atoms with Gasteiger partial charge in [0.1, 0.15) is 0 Å². The number of aryl methyl sites for hydroxylation is 2. The topological polar surface area (TPSA) is 29.0 Å². The van der Waals surface area contributed by atoms with E-state index >= 15 is 0 Å². The monoisotopic (exact) mass is 267 g/mol. The van der Waals surface area contributed by atoms with Crippen molar-refractivity contribution in [1.82, 2.24) is 10.2 Å². The third kappa shape index (κ3) is 2.67. The quantitative estimate of drug-likeness (QED) is 0.834. The SMILES string of the molecule is Cc1cc(N2CCC(c3ccccc3)CC2)nnc1C. The maximum Gasteiger partial charge on any atom is 0.151 e. The van der Waals surface area contributed by atoms with Crippen LogP contribution in [0.1, 0.15) is 35.6 Å². The summed E-state index contributed by atoms with van der Waals surface area (Å²) in [4.78, 5) is 2.36. The zero-order valence-corrected chi connectivity index (χ0v) is 12.2. The van der Waals surface area contributed by atoms with Crippen LogP contribution in [0.5, 0.6) is 0 Å². The predicted molar refractivity (Wildman–Crippen MR) is 82.1 cm³/mol. The molecule has 0 unspecified atom stereocenters. The summed E-state index contributed by atoms with van der Waals surface area (Å²) >= 11 is 0. The molecule has 1 aromatic heterocycles. The van der Waals surface area contributed by atoms with Gasteiger partial charge in [-0.1, -0.05) is 30.3 Å². The van der Waals surface area contributed by atoms with E-state index in [0.29, 0.717) is 5.92 Å². The van der Waals surface area contributed by atoms with Crippen LogP contribution in [-0.2, 0) is 0 Å². The number of piperidine rings is 1. The highest BCUT2D eigenvalue weighted by atomic mass is 15.3. The standard InChI is InChI=1S/C17H21N3/c1-13-12-17(19-18-14(13)2)20-10-8-16(9-11-20)15-6-4-3-5-7-15/h3-7,12,16H,8-11H2,1-2H3. The molecule has 1 saturated heterocycles. The molecule has 1 aromatic carbocycles. The smallest absolute Gasteiger partial charge is 0.151 e. The summed E-state index contributed by atoms with van der Waals surface area (Å²) < 4.78 is 0. The van der Waals surface area contributed by atoms with Gasteiger partial charge in [-0.25, -0.2) is 0 Å². The fourth-order valence-electron chi connectivity index (χ4n) is 2.85. The van der Waals surface area contributed by atoms with Gasteiger partial charge < -0.3 is 4.90 Å². The first-order valence-electron chi connectivity index (χ1n) is 7.35. The minimum atomic E-state index is 0.687. The van der Waals surface area contributed by atoms with E-state index in [1.807, 2.05) is 6.92 Å². The normalized spacial score (nSPS) is 16.4. The molecule has 104 valence electrons. The molecule has 0 spiro atoms. The Kier molecular flexibility index (Phi) is 3.68. The largest absolute Gasteiger partial charge is 0.355 e. The van der Waals surface area contributed by atoms with Crippen molar-refractivity contribution in [3.63, 3.8) is 0 Å². The van der Waals surface area contributed by atoms with Crippen molar-refractivity contribution in [2.45, 2.75) is 32.6 Å². The zero-order valence-electron chi connectivity index (χ0n) is 12.2. The van der Waals surface area contributed by atoms with Crippen LogP contribution in [0.15, 0.2) is 36.4 Å². The zero-order chi connectivity index (χ0) is 13.9. The molecule has 1 fully saturated rings. The molecule has 1 aliphatic rings. The Morgan fingerprint density at radius 3 is 2.35 bits per heavy atom. The highest BCUT2D eigenvalue weighted by Gasteiger charge is 2.21. The summed E-state index contributed by atoms with van der Waals surface area (Å²) in [5.41, 5.74) is 3.71. The van der Waals surface area contributed by atoms with Gasteiger partial charge in [0.25, 0.3) is 0 Å². The Bertz CT molecular complexity index is 572.